The van der Waals surface area contributed by atoms with Gasteiger partial charge in [-0.2, -0.15) is 0 Å². The van der Waals surface area contributed by atoms with Gasteiger partial charge < -0.3 is 10.3 Å². The van der Waals surface area contributed by atoms with Crippen LogP contribution in [0.25, 0.3) is 0 Å². The lowest BCUT2D eigenvalue weighted by Gasteiger charge is -2.27. The second kappa shape index (κ2) is 2.79. The fourth-order valence-corrected chi connectivity index (χ4v) is 2.80. The molecule has 1 aromatic heterocycles. The quantitative estimate of drug-likeness (QED) is 0.819. The summed E-state index contributed by atoms with van der Waals surface area (Å²) in [6, 6.07) is 0. The number of nitrogens with zero attached hydrogens (tertiary/aromatic N) is 3. The smallest absolute Gasteiger partial charge is 0.200 e. The van der Waals surface area contributed by atoms with Gasteiger partial charge in [0.25, 0.3) is 0 Å². The molecule has 1 aromatic rings. The molecule has 0 bridgehead atoms. The van der Waals surface area contributed by atoms with E-state index in [2.05, 4.69) is 30.7 Å². The summed E-state index contributed by atoms with van der Waals surface area (Å²) in [5.74, 6) is 1.70. The first-order valence-corrected chi connectivity index (χ1v) is 5.85. The van der Waals surface area contributed by atoms with Crippen LogP contribution in [-0.4, -0.2) is 20.3 Å². The molecular weight excluding hydrogens is 244 g/mol. The number of nitrogens with two attached hydrogens (primary N) is 1. The SMILES string of the molecule is NC1(C2CCn3c(Br)nnc3C2)CC1. The summed E-state index contributed by atoms with van der Waals surface area (Å²) in [6.45, 7) is 1.01. The van der Waals surface area contributed by atoms with Crippen LogP contribution in [0.2, 0.25) is 0 Å². The van der Waals surface area contributed by atoms with Gasteiger partial charge in [0.15, 0.2) is 4.73 Å². The number of fused-ring (bicyclic) bond motifs is 1. The summed E-state index contributed by atoms with van der Waals surface area (Å²) in [7, 11) is 0. The molecule has 1 aliphatic carbocycles. The Balaban J connectivity index is 1.87. The van der Waals surface area contributed by atoms with Gasteiger partial charge in [0.2, 0.25) is 0 Å². The van der Waals surface area contributed by atoms with E-state index in [0.29, 0.717) is 5.92 Å². The van der Waals surface area contributed by atoms with Crippen molar-refractivity contribution in [3.63, 3.8) is 0 Å². The number of hydrogen-bond donors (Lipinski definition) is 1. The van der Waals surface area contributed by atoms with Crippen LogP contribution in [0, 0.1) is 5.92 Å². The largest absolute Gasteiger partial charge is 0.325 e. The van der Waals surface area contributed by atoms with Crippen molar-refractivity contribution in [2.45, 2.75) is 37.8 Å². The monoisotopic (exact) mass is 256 g/mol. The van der Waals surface area contributed by atoms with Gasteiger partial charge in [0.05, 0.1) is 0 Å². The Morgan fingerprint density at radius 1 is 1.43 bits per heavy atom. The van der Waals surface area contributed by atoms with Gasteiger partial charge in [-0.15, -0.1) is 10.2 Å². The van der Waals surface area contributed by atoms with Crippen molar-refractivity contribution < 1.29 is 0 Å². The van der Waals surface area contributed by atoms with Crippen molar-refractivity contribution in [3.05, 3.63) is 10.6 Å². The molecule has 0 aromatic carbocycles. The third-order valence-electron chi connectivity index (χ3n) is 3.55. The Kier molecular flexibility index (Phi) is 1.77. The van der Waals surface area contributed by atoms with Crippen molar-refractivity contribution in [2.24, 2.45) is 11.7 Å². The first-order chi connectivity index (χ1) is 6.69. The number of rotatable bonds is 1. The molecule has 1 fully saturated rings. The Bertz CT molecular complexity index is 369. The standard InChI is InChI=1S/C9H13BrN4/c10-8-13-12-7-5-6(1-4-14(7)8)9(11)2-3-9/h6H,1-5,11H2. The summed E-state index contributed by atoms with van der Waals surface area (Å²) in [5, 5.41) is 8.18. The number of aromatic nitrogens is 3. The summed E-state index contributed by atoms with van der Waals surface area (Å²) in [4.78, 5) is 0. The highest BCUT2D eigenvalue weighted by Gasteiger charge is 2.46. The molecule has 2 N–H and O–H groups in total. The molecule has 0 saturated heterocycles. The second-order valence-electron chi connectivity index (χ2n) is 4.46. The van der Waals surface area contributed by atoms with Gasteiger partial charge in [-0.3, -0.25) is 0 Å². The lowest BCUT2D eigenvalue weighted by atomic mass is 9.88. The lowest BCUT2D eigenvalue weighted by molar-refractivity contribution is 0.310. The fourth-order valence-electron chi connectivity index (χ4n) is 2.34. The molecule has 4 nitrogen and oxygen atoms in total. The van der Waals surface area contributed by atoms with E-state index in [-0.39, 0.29) is 5.54 Å². The highest BCUT2D eigenvalue weighted by atomic mass is 79.9. The van der Waals surface area contributed by atoms with Crippen LogP contribution < -0.4 is 5.73 Å². The number of halogens is 1. The highest BCUT2D eigenvalue weighted by molar-refractivity contribution is 9.10. The Labute approximate surface area is 91.0 Å². The van der Waals surface area contributed by atoms with Crippen LogP contribution in [0.5, 0.6) is 0 Å². The molecule has 0 spiro atoms. The molecular formula is C9H13BrN4. The van der Waals surface area contributed by atoms with E-state index in [0.717, 1.165) is 23.5 Å². The number of hydrogen-bond acceptors (Lipinski definition) is 3. The molecule has 1 unspecified atom stereocenters. The molecule has 1 atom stereocenters. The zero-order valence-corrected chi connectivity index (χ0v) is 9.50. The minimum Gasteiger partial charge on any atom is -0.325 e. The van der Waals surface area contributed by atoms with E-state index in [4.69, 9.17) is 5.73 Å². The molecule has 0 radical (unpaired) electrons. The van der Waals surface area contributed by atoms with Gasteiger partial charge in [-0.1, -0.05) is 0 Å². The molecule has 0 amide bonds. The fraction of sp³-hybridized carbons (Fsp3) is 0.778. The third-order valence-corrected chi connectivity index (χ3v) is 4.14. The van der Waals surface area contributed by atoms with Gasteiger partial charge in [0, 0.05) is 18.5 Å². The van der Waals surface area contributed by atoms with Crippen molar-refractivity contribution in [3.8, 4) is 0 Å². The molecule has 1 saturated carbocycles. The topological polar surface area (TPSA) is 56.7 Å². The average Bonchev–Trinajstić information content (AvgIpc) is 2.84. The first kappa shape index (κ1) is 8.85. The summed E-state index contributed by atoms with van der Waals surface area (Å²) in [6.07, 6.45) is 4.54. The molecule has 2 aliphatic rings. The molecule has 76 valence electrons. The highest BCUT2D eigenvalue weighted by Crippen LogP contribution is 2.44. The second-order valence-corrected chi connectivity index (χ2v) is 5.17. The van der Waals surface area contributed by atoms with Crippen molar-refractivity contribution in [1.29, 1.82) is 0 Å². The minimum absolute atomic E-state index is 0.129. The molecule has 2 heterocycles. The summed E-state index contributed by atoms with van der Waals surface area (Å²) < 4.78 is 3.00. The predicted octanol–water partition coefficient (Wildman–Crippen LogP) is 1.09. The van der Waals surface area contributed by atoms with E-state index < -0.39 is 0 Å². The van der Waals surface area contributed by atoms with Crippen LogP contribution in [0.3, 0.4) is 0 Å². The van der Waals surface area contributed by atoms with Gasteiger partial charge in [-0.05, 0) is 41.1 Å². The lowest BCUT2D eigenvalue weighted by Crippen LogP contribution is -2.37. The molecule has 5 heteroatoms. The average molecular weight is 257 g/mol. The van der Waals surface area contributed by atoms with Crippen LogP contribution in [0.1, 0.15) is 25.1 Å². The molecule has 14 heavy (non-hydrogen) atoms. The van der Waals surface area contributed by atoms with E-state index in [1.807, 2.05) is 0 Å². The van der Waals surface area contributed by atoms with Gasteiger partial charge in [0.1, 0.15) is 5.82 Å². The third kappa shape index (κ3) is 1.22. The maximum Gasteiger partial charge on any atom is 0.200 e. The Hall–Kier alpha value is -0.420. The van der Waals surface area contributed by atoms with Crippen LogP contribution in [0.15, 0.2) is 4.73 Å². The maximum absolute atomic E-state index is 6.22. The van der Waals surface area contributed by atoms with Crippen molar-refractivity contribution in [2.75, 3.05) is 0 Å². The summed E-state index contributed by atoms with van der Waals surface area (Å²) >= 11 is 3.40. The zero-order valence-electron chi connectivity index (χ0n) is 7.91. The van der Waals surface area contributed by atoms with Crippen LogP contribution in [0.4, 0.5) is 0 Å². The van der Waals surface area contributed by atoms with Crippen LogP contribution >= 0.6 is 15.9 Å². The van der Waals surface area contributed by atoms with Gasteiger partial charge >= 0.3 is 0 Å². The minimum atomic E-state index is 0.129. The first-order valence-electron chi connectivity index (χ1n) is 5.05. The summed E-state index contributed by atoms with van der Waals surface area (Å²) in [5.41, 5.74) is 6.34. The maximum atomic E-state index is 6.22. The molecule has 1 aliphatic heterocycles. The Morgan fingerprint density at radius 2 is 2.21 bits per heavy atom. The molecule has 3 rings (SSSR count). The predicted molar refractivity (Wildman–Crippen MR) is 55.7 cm³/mol. The van der Waals surface area contributed by atoms with Crippen molar-refractivity contribution in [1.82, 2.24) is 14.8 Å². The van der Waals surface area contributed by atoms with Gasteiger partial charge in [-0.25, -0.2) is 0 Å². The van der Waals surface area contributed by atoms with E-state index in [1.165, 1.54) is 19.3 Å². The van der Waals surface area contributed by atoms with E-state index in [9.17, 15) is 0 Å². The van der Waals surface area contributed by atoms with Crippen LogP contribution in [-0.2, 0) is 13.0 Å². The Morgan fingerprint density at radius 3 is 2.93 bits per heavy atom. The normalized spacial score (nSPS) is 28.6. The van der Waals surface area contributed by atoms with E-state index in [1.54, 1.807) is 0 Å². The van der Waals surface area contributed by atoms with E-state index >= 15 is 0 Å². The zero-order chi connectivity index (χ0) is 9.76. The van der Waals surface area contributed by atoms with Crippen molar-refractivity contribution >= 4 is 15.9 Å².